The molecule has 2 aromatic rings. The Bertz CT molecular complexity index is 895. The number of ketones is 1. The molecule has 1 aromatic carbocycles. The summed E-state index contributed by atoms with van der Waals surface area (Å²) in [7, 11) is 0. The van der Waals surface area contributed by atoms with Crippen LogP contribution in [-0.4, -0.2) is 16.7 Å². The molecule has 0 N–H and O–H groups in total. The molecule has 1 unspecified atom stereocenters. The summed E-state index contributed by atoms with van der Waals surface area (Å²) in [6.45, 7) is 4.05. The number of pyridine rings is 1. The minimum absolute atomic E-state index is 0.0673. The maximum absolute atomic E-state index is 13.2. The van der Waals surface area contributed by atoms with Gasteiger partial charge in [-0.3, -0.25) is 19.5 Å². The lowest BCUT2D eigenvalue weighted by atomic mass is 9.77. The van der Waals surface area contributed by atoms with E-state index in [4.69, 9.17) is 0 Å². The highest BCUT2D eigenvalue weighted by atomic mass is 16.2. The Morgan fingerprint density at radius 1 is 1.00 bits per heavy atom. The van der Waals surface area contributed by atoms with Gasteiger partial charge in [0.15, 0.2) is 5.78 Å². The molecule has 4 heteroatoms. The van der Waals surface area contributed by atoms with Gasteiger partial charge in [0, 0.05) is 42.4 Å². The van der Waals surface area contributed by atoms with Crippen LogP contribution in [0.3, 0.4) is 0 Å². The number of allylic oxidation sites excluding steroid dienone is 2. The number of hydrogen-bond acceptors (Lipinski definition) is 3. The highest BCUT2D eigenvalue weighted by molar-refractivity contribution is 6.08. The first kappa shape index (κ1) is 16.7. The number of Topliss-reactive ketones (excluding diaryl/α,β-unsaturated/α-hetero) is 1. The van der Waals surface area contributed by atoms with Crippen molar-refractivity contribution in [2.24, 2.45) is 0 Å². The van der Waals surface area contributed by atoms with Crippen molar-refractivity contribution in [3.8, 4) is 0 Å². The second-order valence-corrected chi connectivity index (χ2v) is 7.14. The summed E-state index contributed by atoms with van der Waals surface area (Å²) in [5, 5.41) is 0. The van der Waals surface area contributed by atoms with E-state index < -0.39 is 0 Å². The summed E-state index contributed by atoms with van der Waals surface area (Å²) in [5.74, 6) is 0.0864. The van der Waals surface area contributed by atoms with E-state index in [-0.39, 0.29) is 17.6 Å². The lowest BCUT2D eigenvalue weighted by Gasteiger charge is -2.39. The van der Waals surface area contributed by atoms with E-state index in [1.165, 1.54) is 0 Å². The summed E-state index contributed by atoms with van der Waals surface area (Å²) in [5.41, 5.74) is 5.78. The summed E-state index contributed by atoms with van der Waals surface area (Å²) in [6.07, 6.45) is 5.91. The number of nitrogens with zero attached hydrogens (tertiary/aromatic N) is 2. The topological polar surface area (TPSA) is 50.3 Å². The van der Waals surface area contributed by atoms with Crippen LogP contribution in [0.4, 0.5) is 5.69 Å². The minimum Gasteiger partial charge on any atom is -0.294 e. The van der Waals surface area contributed by atoms with Crippen molar-refractivity contribution >= 4 is 17.4 Å². The lowest BCUT2D eigenvalue weighted by molar-refractivity contribution is -0.119. The van der Waals surface area contributed by atoms with Crippen molar-refractivity contribution < 1.29 is 9.59 Å². The van der Waals surface area contributed by atoms with Crippen LogP contribution in [0.1, 0.15) is 48.3 Å². The zero-order valence-corrected chi connectivity index (χ0v) is 15.2. The quantitative estimate of drug-likeness (QED) is 0.818. The predicted molar refractivity (Wildman–Crippen MR) is 101 cm³/mol. The fourth-order valence-corrected chi connectivity index (χ4v) is 4.29. The SMILES string of the molecule is Cc1cccc(C)c1N1C(=O)CC(c2ccncc2)C2=C1CCCC2=O. The Hall–Kier alpha value is -2.75. The van der Waals surface area contributed by atoms with Gasteiger partial charge in [-0.15, -0.1) is 0 Å². The summed E-state index contributed by atoms with van der Waals surface area (Å²) < 4.78 is 0. The van der Waals surface area contributed by atoms with E-state index in [1.807, 2.05) is 49.1 Å². The zero-order valence-electron chi connectivity index (χ0n) is 15.2. The van der Waals surface area contributed by atoms with Gasteiger partial charge in [-0.25, -0.2) is 0 Å². The van der Waals surface area contributed by atoms with Crippen LogP contribution >= 0.6 is 0 Å². The fraction of sp³-hybridized carbons (Fsp3) is 0.318. The van der Waals surface area contributed by atoms with Crippen molar-refractivity contribution in [3.63, 3.8) is 0 Å². The Labute approximate surface area is 153 Å². The van der Waals surface area contributed by atoms with E-state index in [9.17, 15) is 9.59 Å². The van der Waals surface area contributed by atoms with Crippen LogP contribution in [-0.2, 0) is 9.59 Å². The van der Waals surface area contributed by atoms with Crippen molar-refractivity contribution in [1.29, 1.82) is 0 Å². The maximum Gasteiger partial charge on any atom is 0.232 e. The monoisotopic (exact) mass is 346 g/mol. The predicted octanol–water partition coefficient (Wildman–Crippen LogP) is 4.23. The molecule has 0 saturated carbocycles. The molecule has 1 atom stereocenters. The molecule has 1 aromatic heterocycles. The lowest BCUT2D eigenvalue weighted by Crippen LogP contribution is -2.41. The number of aromatic nitrogens is 1. The van der Waals surface area contributed by atoms with Gasteiger partial charge in [-0.05, 0) is 55.5 Å². The van der Waals surface area contributed by atoms with Gasteiger partial charge in [-0.2, -0.15) is 0 Å². The van der Waals surface area contributed by atoms with Crippen molar-refractivity contribution in [2.45, 2.75) is 45.4 Å². The number of aryl methyl sites for hydroxylation is 2. The molecule has 0 radical (unpaired) electrons. The smallest absolute Gasteiger partial charge is 0.232 e. The number of carbonyl (C=O) groups excluding carboxylic acids is 2. The van der Waals surface area contributed by atoms with E-state index in [0.29, 0.717) is 12.8 Å². The summed E-state index contributed by atoms with van der Waals surface area (Å²) in [6, 6.07) is 9.88. The Morgan fingerprint density at radius 2 is 1.69 bits per heavy atom. The van der Waals surface area contributed by atoms with Crippen LogP contribution < -0.4 is 4.90 Å². The first-order valence-corrected chi connectivity index (χ1v) is 9.13. The molecule has 0 spiro atoms. The van der Waals surface area contributed by atoms with Crippen molar-refractivity contribution in [2.75, 3.05) is 4.90 Å². The number of rotatable bonds is 2. The number of benzene rings is 1. The van der Waals surface area contributed by atoms with Crippen LogP contribution in [0, 0.1) is 13.8 Å². The van der Waals surface area contributed by atoms with E-state index in [1.54, 1.807) is 12.4 Å². The first-order chi connectivity index (χ1) is 12.6. The minimum atomic E-state index is -0.158. The highest BCUT2D eigenvalue weighted by Crippen LogP contribution is 2.44. The standard InChI is InChI=1S/C22H22N2O2/c1-14-5-3-6-15(2)22(14)24-18-7-4-8-19(25)21(18)17(13-20(24)26)16-9-11-23-12-10-16/h3,5-6,9-12,17H,4,7-8,13H2,1-2H3. The molecule has 0 bridgehead atoms. The Balaban J connectivity index is 1.92. The highest BCUT2D eigenvalue weighted by Gasteiger charge is 2.40. The van der Waals surface area contributed by atoms with Gasteiger partial charge < -0.3 is 0 Å². The molecular formula is C22H22N2O2. The number of hydrogen-bond donors (Lipinski definition) is 0. The van der Waals surface area contributed by atoms with Gasteiger partial charge in [0.05, 0.1) is 5.69 Å². The second kappa shape index (κ2) is 6.52. The van der Waals surface area contributed by atoms with Crippen molar-refractivity contribution in [1.82, 2.24) is 4.98 Å². The summed E-state index contributed by atoms with van der Waals surface area (Å²) >= 11 is 0. The number of carbonyl (C=O) groups is 2. The first-order valence-electron chi connectivity index (χ1n) is 9.13. The molecule has 4 nitrogen and oxygen atoms in total. The third kappa shape index (κ3) is 2.66. The van der Waals surface area contributed by atoms with E-state index in [0.717, 1.165) is 46.5 Å². The van der Waals surface area contributed by atoms with Gasteiger partial charge in [0.2, 0.25) is 5.91 Å². The molecule has 1 amide bonds. The molecule has 26 heavy (non-hydrogen) atoms. The molecule has 2 heterocycles. The van der Waals surface area contributed by atoms with Crippen LogP contribution in [0.2, 0.25) is 0 Å². The van der Waals surface area contributed by atoms with Crippen LogP contribution in [0.25, 0.3) is 0 Å². The van der Waals surface area contributed by atoms with Gasteiger partial charge >= 0.3 is 0 Å². The van der Waals surface area contributed by atoms with Gasteiger partial charge in [0.1, 0.15) is 0 Å². The molecule has 0 fully saturated rings. The van der Waals surface area contributed by atoms with Gasteiger partial charge in [-0.1, -0.05) is 18.2 Å². The molecular weight excluding hydrogens is 324 g/mol. The molecule has 1 aliphatic heterocycles. The maximum atomic E-state index is 13.2. The van der Waals surface area contributed by atoms with Crippen molar-refractivity contribution in [3.05, 3.63) is 70.7 Å². The fourth-order valence-electron chi connectivity index (χ4n) is 4.29. The summed E-state index contributed by atoms with van der Waals surface area (Å²) in [4.78, 5) is 32.0. The molecule has 4 rings (SSSR count). The van der Waals surface area contributed by atoms with Crippen LogP contribution in [0.15, 0.2) is 54.0 Å². The number of anilines is 1. The average Bonchev–Trinajstić information content (AvgIpc) is 2.63. The second-order valence-electron chi connectivity index (χ2n) is 7.14. The van der Waals surface area contributed by atoms with E-state index >= 15 is 0 Å². The normalized spacial score (nSPS) is 20.4. The Kier molecular flexibility index (Phi) is 4.19. The van der Waals surface area contributed by atoms with E-state index in [2.05, 4.69) is 4.98 Å². The average molecular weight is 346 g/mol. The van der Waals surface area contributed by atoms with Gasteiger partial charge in [0.25, 0.3) is 0 Å². The van der Waals surface area contributed by atoms with Crippen LogP contribution in [0.5, 0.6) is 0 Å². The molecule has 2 aliphatic rings. The Morgan fingerprint density at radius 3 is 2.38 bits per heavy atom. The molecule has 0 saturated heterocycles. The number of amides is 1. The molecule has 1 aliphatic carbocycles. The zero-order chi connectivity index (χ0) is 18.3. The third-order valence-electron chi connectivity index (χ3n) is 5.45. The largest absolute Gasteiger partial charge is 0.294 e. The molecule has 132 valence electrons. The number of para-hydroxylation sites is 1. The third-order valence-corrected chi connectivity index (χ3v) is 5.45.